The SMILES string of the molecule is CCCc1nc(-c2cnccn2)sc1CO. The average molecular weight is 235 g/mol. The monoisotopic (exact) mass is 235 g/mol. The van der Waals surface area contributed by atoms with E-state index in [2.05, 4.69) is 21.9 Å². The van der Waals surface area contributed by atoms with E-state index in [4.69, 9.17) is 0 Å². The van der Waals surface area contributed by atoms with Gasteiger partial charge in [-0.15, -0.1) is 11.3 Å². The molecule has 0 aromatic carbocycles. The fraction of sp³-hybridized carbons (Fsp3) is 0.364. The number of aliphatic hydroxyl groups is 1. The molecular weight excluding hydrogens is 222 g/mol. The summed E-state index contributed by atoms with van der Waals surface area (Å²) in [7, 11) is 0. The Kier molecular flexibility index (Phi) is 3.58. The molecule has 0 unspecified atom stereocenters. The van der Waals surface area contributed by atoms with Crippen molar-refractivity contribution in [1.29, 1.82) is 0 Å². The first-order chi connectivity index (χ1) is 7.85. The molecule has 0 bridgehead atoms. The van der Waals surface area contributed by atoms with Crippen LogP contribution in [-0.2, 0) is 13.0 Å². The standard InChI is InChI=1S/C11H13N3OS/c1-2-3-8-10(7-15)16-11(14-8)9-6-12-4-5-13-9/h4-6,15H,2-3,7H2,1H3. The van der Waals surface area contributed by atoms with Gasteiger partial charge in [-0.25, -0.2) is 4.98 Å². The molecule has 0 spiro atoms. The summed E-state index contributed by atoms with van der Waals surface area (Å²) in [4.78, 5) is 13.6. The highest BCUT2D eigenvalue weighted by atomic mass is 32.1. The molecule has 4 nitrogen and oxygen atoms in total. The first kappa shape index (κ1) is 11.2. The van der Waals surface area contributed by atoms with Crippen LogP contribution in [0.2, 0.25) is 0 Å². The molecule has 2 aromatic rings. The third kappa shape index (κ3) is 2.25. The van der Waals surface area contributed by atoms with Crippen molar-refractivity contribution >= 4 is 11.3 Å². The van der Waals surface area contributed by atoms with Gasteiger partial charge >= 0.3 is 0 Å². The highest BCUT2D eigenvalue weighted by Crippen LogP contribution is 2.27. The molecule has 0 amide bonds. The van der Waals surface area contributed by atoms with Crippen LogP contribution in [0.25, 0.3) is 10.7 Å². The summed E-state index contributed by atoms with van der Waals surface area (Å²) in [5.74, 6) is 0. The molecule has 0 atom stereocenters. The van der Waals surface area contributed by atoms with Crippen LogP contribution in [0.15, 0.2) is 18.6 Å². The number of rotatable bonds is 4. The van der Waals surface area contributed by atoms with Crippen LogP contribution in [0.4, 0.5) is 0 Å². The lowest BCUT2D eigenvalue weighted by atomic mass is 10.2. The van der Waals surface area contributed by atoms with Gasteiger partial charge in [0.25, 0.3) is 0 Å². The largest absolute Gasteiger partial charge is 0.391 e. The molecule has 16 heavy (non-hydrogen) atoms. The molecule has 0 aliphatic rings. The van der Waals surface area contributed by atoms with Crippen molar-refractivity contribution in [3.63, 3.8) is 0 Å². The number of nitrogens with zero attached hydrogens (tertiary/aromatic N) is 3. The lowest BCUT2D eigenvalue weighted by Crippen LogP contribution is -1.90. The van der Waals surface area contributed by atoms with E-state index in [0.717, 1.165) is 34.1 Å². The first-order valence-electron chi connectivity index (χ1n) is 5.21. The Hall–Kier alpha value is -1.33. The Bertz CT molecular complexity index is 456. The molecule has 2 aromatic heterocycles. The van der Waals surface area contributed by atoms with Crippen molar-refractivity contribution < 1.29 is 5.11 Å². The highest BCUT2D eigenvalue weighted by Gasteiger charge is 2.11. The Morgan fingerprint density at radius 3 is 2.88 bits per heavy atom. The molecule has 1 N–H and O–H groups in total. The van der Waals surface area contributed by atoms with Gasteiger partial charge in [0.2, 0.25) is 0 Å². The Balaban J connectivity index is 2.36. The number of hydrogen-bond donors (Lipinski definition) is 1. The summed E-state index contributed by atoms with van der Waals surface area (Å²) in [5, 5.41) is 10.1. The highest BCUT2D eigenvalue weighted by molar-refractivity contribution is 7.15. The second kappa shape index (κ2) is 5.14. The van der Waals surface area contributed by atoms with Gasteiger partial charge in [-0.05, 0) is 6.42 Å². The molecule has 0 saturated carbocycles. The molecule has 5 heteroatoms. The summed E-state index contributed by atoms with van der Waals surface area (Å²) in [5.41, 5.74) is 1.75. The van der Waals surface area contributed by atoms with Crippen molar-refractivity contribution in [1.82, 2.24) is 15.0 Å². The van der Waals surface area contributed by atoms with Crippen LogP contribution in [0.5, 0.6) is 0 Å². The molecule has 0 fully saturated rings. The first-order valence-corrected chi connectivity index (χ1v) is 6.02. The third-order valence-corrected chi connectivity index (χ3v) is 3.30. The van der Waals surface area contributed by atoms with E-state index < -0.39 is 0 Å². The van der Waals surface area contributed by atoms with Crippen LogP contribution in [-0.4, -0.2) is 20.1 Å². The van der Waals surface area contributed by atoms with Crippen molar-refractivity contribution in [2.75, 3.05) is 0 Å². The number of aromatic nitrogens is 3. The Morgan fingerprint density at radius 1 is 1.38 bits per heavy atom. The second-order valence-electron chi connectivity index (χ2n) is 3.39. The zero-order chi connectivity index (χ0) is 11.4. The van der Waals surface area contributed by atoms with Crippen LogP contribution >= 0.6 is 11.3 Å². The van der Waals surface area contributed by atoms with Gasteiger partial charge in [-0.1, -0.05) is 13.3 Å². The van der Waals surface area contributed by atoms with Crippen molar-refractivity contribution in [3.05, 3.63) is 29.2 Å². The zero-order valence-corrected chi connectivity index (χ0v) is 9.87. The lowest BCUT2D eigenvalue weighted by molar-refractivity contribution is 0.284. The van der Waals surface area contributed by atoms with Gasteiger partial charge in [-0.3, -0.25) is 9.97 Å². The number of hydrogen-bond acceptors (Lipinski definition) is 5. The van der Waals surface area contributed by atoms with Gasteiger partial charge in [0.1, 0.15) is 10.7 Å². The summed E-state index contributed by atoms with van der Waals surface area (Å²) < 4.78 is 0. The van der Waals surface area contributed by atoms with Gasteiger partial charge in [-0.2, -0.15) is 0 Å². The average Bonchev–Trinajstić information content (AvgIpc) is 2.74. The van der Waals surface area contributed by atoms with E-state index in [-0.39, 0.29) is 6.61 Å². The Morgan fingerprint density at radius 2 is 2.25 bits per heavy atom. The molecule has 0 aliphatic heterocycles. The van der Waals surface area contributed by atoms with E-state index in [9.17, 15) is 5.11 Å². The maximum atomic E-state index is 9.24. The molecule has 84 valence electrons. The summed E-state index contributed by atoms with van der Waals surface area (Å²) in [6.07, 6.45) is 6.89. The number of aliphatic hydroxyl groups excluding tert-OH is 1. The van der Waals surface area contributed by atoms with E-state index in [0.29, 0.717) is 0 Å². The van der Waals surface area contributed by atoms with E-state index >= 15 is 0 Å². The molecule has 0 radical (unpaired) electrons. The zero-order valence-electron chi connectivity index (χ0n) is 9.05. The van der Waals surface area contributed by atoms with Gasteiger partial charge in [0.05, 0.1) is 23.4 Å². The number of thiazole rings is 1. The Labute approximate surface area is 98.0 Å². The normalized spacial score (nSPS) is 10.6. The van der Waals surface area contributed by atoms with Crippen molar-refractivity contribution in [3.8, 4) is 10.7 Å². The van der Waals surface area contributed by atoms with Crippen molar-refractivity contribution in [2.24, 2.45) is 0 Å². The minimum Gasteiger partial charge on any atom is -0.391 e. The van der Waals surface area contributed by atoms with E-state index in [1.165, 1.54) is 11.3 Å². The minimum atomic E-state index is 0.0489. The minimum absolute atomic E-state index is 0.0489. The maximum Gasteiger partial charge on any atom is 0.144 e. The molecule has 2 rings (SSSR count). The van der Waals surface area contributed by atoms with Crippen LogP contribution < -0.4 is 0 Å². The summed E-state index contributed by atoms with van der Waals surface area (Å²) in [6.45, 7) is 2.15. The topological polar surface area (TPSA) is 58.9 Å². The summed E-state index contributed by atoms with van der Waals surface area (Å²) in [6, 6.07) is 0. The molecular formula is C11H13N3OS. The van der Waals surface area contributed by atoms with Gasteiger partial charge < -0.3 is 5.11 Å². The second-order valence-corrected chi connectivity index (χ2v) is 4.47. The van der Waals surface area contributed by atoms with Crippen molar-refractivity contribution in [2.45, 2.75) is 26.4 Å². The summed E-state index contributed by atoms with van der Waals surface area (Å²) >= 11 is 1.49. The fourth-order valence-corrected chi connectivity index (χ4v) is 2.39. The molecule has 0 aliphatic carbocycles. The van der Waals surface area contributed by atoms with Crippen LogP contribution in [0.1, 0.15) is 23.9 Å². The smallest absolute Gasteiger partial charge is 0.144 e. The molecule has 2 heterocycles. The molecule has 0 saturated heterocycles. The van der Waals surface area contributed by atoms with E-state index in [1.54, 1.807) is 18.6 Å². The number of aryl methyl sites for hydroxylation is 1. The van der Waals surface area contributed by atoms with Gasteiger partial charge in [0, 0.05) is 12.4 Å². The van der Waals surface area contributed by atoms with Crippen LogP contribution in [0.3, 0.4) is 0 Å². The maximum absolute atomic E-state index is 9.24. The third-order valence-electron chi connectivity index (χ3n) is 2.19. The predicted octanol–water partition coefficient (Wildman–Crippen LogP) is 2.04. The van der Waals surface area contributed by atoms with Gasteiger partial charge in [0.15, 0.2) is 0 Å². The lowest BCUT2D eigenvalue weighted by Gasteiger charge is -1.94. The quantitative estimate of drug-likeness (QED) is 0.881. The predicted molar refractivity (Wildman–Crippen MR) is 63.1 cm³/mol. The van der Waals surface area contributed by atoms with Crippen LogP contribution in [0, 0.1) is 0 Å². The fourth-order valence-electron chi connectivity index (χ4n) is 1.46. The van der Waals surface area contributed by atoms with E-state index in [1.807, 2.05) is 0 Å².